The number of amidine groups is 1. The van der Waals surface area contributed by atoms with E-state index in [1.165, 1.54) is 17.8 Å². The first kappa shape index (κ1) is 13.3. The summed E-state index contributed by atoms with van der Waals surface area (Å²) in [6, 6.07) is 9.06. The van der Waals surface area contributed by atoms with Gasteiger partial charge in [0.15, 0.2) is 11.0 Å². The van der Waals surface area contributed by atoms with Crippen LogP contribution in [-0.2, 0) is 0 Å². The van der Waals surface area contributed by atoms with E-state index in [0.717, 1.165) is 0 Å². The highest BCUT2D eigenvalue weighted by molar-refractivity contribution is 8.13. The van der Waals surface area contributed by atoms with Gasteiger partial charge in [-0.1, -0.05) is 42.1 Å². The third-order valence-corrected chi connectivity index (χ3v) is 2.47. The van der Waals surface area contributed by atoms with E-state index in [2.05, 4.69) is 10.5 Å². The molecule has 0 aromatic heterocycles. The van der Waals surface area contributed by atoms with Crippen LogP contribution in [0.25, 0.3) is 0 Å². The molecule has 0 spiro atoms. The molecule has 0 saturated heterocycles. The molecule has 4 nitrogen and oxygen atoms in total. The number of hydrogen-bond acceptors (Lipinski definition) is 4. The molecule has 1 aromatic rings. The molecule has 0 aliphatic heterocycles. The second kappa shape index (κ2) is 6.75. The number of rotatable bonds is 4. The van der Waals surface area contributed by atoms with Crippen LogP contribution in [0.2, 0.25) is 0 Å². The fourth-order valence-corrected chi connectivity index (χ4v) is 1.24. The number of hydrazone groups is 1. The summed E-state index contributed by atoms with van der Waals surface area (Å²) in [5.74, 6) is -0.0616. The molecular weight excluding hydrogens is 234 g/mol. The van der Waals surface area contributed by atoms with Crippen molar-refractivity contribution in [3.8, 4) is 0 Å². The highest BCUT2D eigenvalue weighted by atomic mass is 32.2. The van der Waals surface area contributed by atoms with Gasteiger partial charge in [0.05, 0.1) is 0 Å². The van der Waals surface area contributed by atoms with Gasteiger partial charge in [-0.15, -0.1) is 0 Å². The highest BCUT2D eigenvalue weighted by Gasteiger charge is 2.01. The predicted molar refractivity (Wildman–Crippen MR) is 72.8 cm³/mol. The molecule has 0 aliphatic carbocycles. The van der Waals surface area contributed by atoms with Crippen molar-refractivity contribution in [2.45, 2.75) is 6.92 Å². The first-order valence-electron chi connectivity index (χ1n) is 5.04. The summed E-state index contributed by atoms with van der Waals surface area (Å²) in [7, 11) is 0. The minimum absolute atomic E-state index is 0.0616. The minimum atomic E-state index is -0.0616. The van der Waals surface area contributed by atoms with Crippen LogP contribution in [0.15, 0.2) is 47.2 Å². The molecule has 0 heterocycles. The third-order valence-electron chi connectivity index (χ3n) is 1.96. The van der Waals surface area contributed by atoms with Crippen LogP contribution in [0.4, 0.5) is 0 Å². The number of hydrogen-bond donors (Lipinski definition) is 2. The van der Waals surface area contributed by atoms with Crippen LogP contribution < -0.4 is 11.2 Å². The zero-order valence-electron chi connectivity index (χ0n) is 9.81. The molecule has 5 heteroatoms. The summed E-state index contributed by atoms with van der Waals surface area (Å²) in [4.78, 5) is 11.8. The van der Waals surface area contributed by atoms with Gasteiger partial charge in [0.1, 0.15) is 0 Å². The average Bonchev–Trinajstić information content (AvgIpc) is 2.36. The highest BCUT2D eigenvalue weighted by Crippen LogP contribution is 2.02. The fraction of sp³-hybridized carbons (Fsp3) is 0.167. The van der Waals surface area contributed by atoms with Crippen LogP contribution in [0, 0.1) is 0 Å². The molecule has 3 N–H and O–H groups in total. The fourth-order valence-electron chi connectivity index (χ4n) is 1.10. The monoisotopic (exact) mass is 249 g/mol. The second-order valence-electron chi connectivity index (χ2n) is 3.32. The number of nitrogens with one attached hydrogen (secondary N) is 1. The third kappa shape index (κ3) is 4.74. The molecule has 0 radical (unpaired) electrons. The van der Waals surface area contributed by atoms with Crippen molar-refractivity contribution in [2.75, 3.05) is 6.26 Å². The van der Waals surface area contributed by atoms with Gasteiger partial charge in [-0.05, 0) is 13.2 Å². The van der Waals surface area contributed by atoms with Gasteiger partial charge < -0.3 is 5.73 Å². The topological polar surface area (TPSA) is 67.5 Å². The van der Waals surface area contributed by atoms with Gasteiger partial charge in [0, 0.05) is 17.3 Å². The zero-order chi connectivity index (χ0) is 12.7. The predicted octanol–water partition coefficient (Wildman–Crippen LogP) is 1.96. The normalized spacial score (nSPS) is 12.4. The maximum atomic E-state index is 11.8. The number of nitrogens with two attached hydrogens (primary N) is 1. The maximum Gasteiger partial charge on any atom is 0.187 e. The Hall–Kier alpha value is -1.75. The van der Waals surface area contributed by atoms with Crippen molar-refractivity contribution in [2.24, 2.45) is 10.8 Å². The standard InChI is InChI=1S/C12H15N3OS/c1-9(14-15-12(13)17-2)8-11(16)10-6-4-3-5-7-10/h3-8,14H,1-2H3,(H2,13,15). The van der Waals surface area contributed by atoms with Gasteiger partial charge in [0.25, 0.3) is 0 Å². The van der Waals surface area contributed by atoms with E-state index in [9.17, 15) is 4.79 Å². The van der Waals surface area contributed by atoms with Crippen LogP contribution in [-0.4, -0.2) is 17.2 Å². The molecule has 1 aromatic carbocycles. The molecule has 0 atom stereocenters. The molecule has 1 rings (SSSR count). The van der Waals surface area contributed by atoms with E-state index >= 15 is 0 Å². The molecule has 90 valence electrons. The number of nitrogens with zero attached hydrogens (tertiary/aromatic N) is 1. The summed E-state index contributed by atoms with van der Waals surface area (Å²) in [6.45, 7) is 1.76. The maximum absolute atomic E-state index is 11.8. The Labute approximate surface area is 105 Å². The molecule has 0 amide bonds. The lowest BCUT2D eigenvalue weighted by atomic mass is 10.1. The SMILES string of the molecule is CS/C(N)=N/NC(C)=CC(=O)c1ccccc1. The van der Waals surface area contributed by atoms with Gasteiger partial charge in [-0.3, -0.25) is 10.2 Å². The molecule has 0 bridgehead atoms. The smallest absolute Gasteiger partial charge is 0.187 e. The summed E-state index contributed by atoms with van der Waals surface area (Å²) < 4.78 is 0. The zero-order valence-corrected chi connectivity index (χ0v) is 10.6. The summed E-state index contributed by atoms with van der Waals surface area (Å²) in [5, 5.41) is 4.30. The Bertz CT molecular complexity index is 440. The van der Waals surface area contributed by atoms with E-state index in [4.69, 9.17) is 5.73 Å². The first-order chi connectivity index (χ1) is 8.13. The summed E-state index contributed by atoms with van der Waals surface area (Å²) in [5.41, 5.74) is 9.52. The van der Waals surface area contributed by atoms with Crippen molar-refractivity contribution in [1.29, 1.82) is 0 Å². The second-order valence-corrected chi connectivity index (χ2v) is 4.15. The van der Waals surface area contributed by atoms with E-state index < -0.39 is 0 Å². The summed E-state index contributed by atoms with van der Waals surface area (Å²) in [6.07, 6.45) is 3.32. The number of allylic oxidation sites excluding steroid dienone is 2. The molecule has 0 unspecified atom stereocenters. The van der Waals surface area contributed by atoms with Crippen LogP contribution >= 0.6 is 11.8 Å². The molecule has 0 saturated carbocycles. The van der Waals surface area contributed by atoms with Crippen LogP contribution in [0.3, 0.4) is 0 Å². The van der Waals surface area contributed by atoms with Crippen LogP contribution in [0.1, 0.15) is 17.3 Å². The van der Waals surface area contributed by atoms with Crippen molar-refractivity contribution in [3.63, 3.8) is 0 Å². The molecule has 0 aliphatic rings. The Kier molecular flexibility index (Phi) is 5.29. The van der Waals surface area contributed by atoms with Crippen molar-refractivity contribution in [1.82, 2.24) is 5.43 Å². The average molecular weight is 249 g/mol. The first-order valence-corrected chi connectivity index (χ1v) is 6.27. The number of carbonyl (C=O) groups is 1. The van der Waals surface area contributed by atoms with Gasteiger partial charge in [-0.2, -0.15) is 5.10 Å². The summed E-state index contributed by atoms with van der Waals surface area (Å²) >= 11 is 1.34. The van der Waals surface area contributed by atoms with Crippen molar-refractivity contribution < 1.29 is 4.79 Å². The largest absolute Gasteiger partial charge is 0.377 e. The Morgan fingerprint density at radius 1 is 1.41 bits per heavy atom. The minimum Gasteiger partial charge on any atom is -0.377 e. The molecule has 0 fully saturated rings. The van der Waals surface area contributed by atoms with Crippen LogP contribution in [0.5, 0.6) is 0 Å². The number of carbonyl (C=O) groups excluding carboxylic acids is 1. The number of thioether (sulfide) groups is 1. The lowest BCUT2D eigenvalue weighted by molar-refractivity contribution is 0.104. The quantitative estimate of drug-likeness (QED) is 0.281. The molecule has 17 heavy (non-hydrogen) atoms. The van der Waals surface area contributed by atoms with E-state index in [0.29, 0.717) is 16.4 Å². The Morgan fingerprint density at radius 3 is 2.65 bits per heavy atom. The molecular formula is C12H15N3OS. The van der Waals surface area contributed by atoms with E-state index in [1.807, 2.05) is 24.5 Å². The Morgan fingerprint density at radius 2 is 2.06 bits per heavy atom. The van der Waals surface area contributed by atoms with Gasteiger partial charge >= 0.3 is 0 Å². The Balaban J connectivity index is 2.66. The number of benzene rings is 1. The lowest BCUT2D eigenvalue weighted by Gasteiger charge is -2.01. The van der Waals surface area contributed by atoms with Gasteiger partial charge in [-0.25, -0.2) is 0 Å². The van der Waals surface area contributed by atoms with Crippen molar-refractivity contribution in [3.05, 3.63) is 47.7 Å². The lowest BCUT2D eigenvalue weighted by Crippen LogP contribution is -2.13. The van der Waals surface area contributed by atoms with E-state index in [-0.39, 0.29) is 5.78 Å². The van der Waals surface area contributed by atoms with E-state index in [1.54, 1.807) is 19.1 Å². The van der Waals surface area contributed by atoms with Crippen molar-refractivity contribution >= 4 is 22.7 Å². The number of ketones is 1. The van der Waals surface area contributed by atoms with Gasteiger partial charge in [0.2, 0.25) is 0 Å².